The molecule has 0 heterocycles. The minimum absolute atomic E-state index is 0.252. The maximum Gasteiger partial charge on any atom is 0.242 e. The first-order valence-corrected chi connectivity index (χ1v) is 8.18. The topological polar surface area (TPSA) is 84.2 Å². The van der Waals surface area contributed by atoms with E-state index >= 15 is 0 Å². The highest BCUT2D eigenvalue weighted by Gasteiger charge is 2.16. The van der Waals surface area contributed by atoms with Gasteiger partial charge in [0, 0.05) is 18.8 Å². The van der Waals surface area contributed by atoms with Crippen molar-refractivity contribution in [1.29, 1.82) is 0 Å². The third kappa shape index (κ3) is 3.96. The summed E-state index contributed by atoms with van der Waals surface area (Å²) in [5, 5.41) is 3.15. The van der Waals surface area contributed by atoms with Crippen LogP contribution >= 0.6 is 0 Å². The summed E-state index contributed by atoms with van der Waals surface area (Å²) in [7, 11) is -3.48. The zero-order chi connectivity index (χ0) is 15.3. The summed E-state index contributed by atoms with van der Waals surface area (Å²) in [6.07, 6.45) is 0. The summed E-state index contributed by atoms with van der Waals surface area (Å²) in [6, 6.07) is 14.3. The Bertz CT molecular complexity index is 697. The Morgan fingerprint density at radius 2 is 1.71 bits per heavy atom. The van der Waals surface area contributed by atoms with Gasteiger partial charge in [0.2, 0.25) is 10.0 Å². The van der Waals surface area contributed by atoms with Gasteiger partial charge in [0.05, 0.1) is 5.69 Å². The number of anilines is 2. The molecule has 0 spiro atoms. The van der Waals surface area contributed by atoms with Crippen LogP contribution in [-0.2, 0) is 16.6 Å². The van der Waals surface area contributed by atoms with E-state index in [0.29, 0.717) is 24.5 Å². The van der Waals surface area contributed by atoms with E-state index in [1.54, 1.807) is 31.2 Å². The molecule has 0 radical (unpaired) electrons. The molecule has 0 aliphatic rings. The minimum atomic E-state index is -3.48. The van der Waals surface area contributed by atoms with E-state index in [0.717, 1.165) is 5.56 Å². The van der Waals surface area contributed by atoms with Crippen LogP contribution in [0, 0.1) is 0 Å². The fraction of sp³-hybridized carbons (Fsp3) is 0.200. The predicted molar refractivity (Wildman–Crippen MR) is 85.5 cm³/mol. The average molecular weight is 305 g/mol. The lowest BCUT2D eigenvalue weighted by molar-refractivity contribution is 0.584. The highest BCUT2D eigenvalue weighted by molar-refractivity contribution is 7.89. The van der Waals surface area contributed by atoms with Crippen molar-refractivity contribution in [3.05, 3.63) is 54.1 Å². The van der Waals surface area contributed by atoms with Crippen LogP contribution in [0.2, 0.25) is 0 Å². The largest absolute Gasteiger partial charge is 0.399 e. The van der Waals surface area contributed by atoms with Crippen LogP contribution in [0.15, 0.2) is 53.4 Å². The molecule has 5 nitrogen and oxygen atoms in total. The average Bonchev–Trinajstić information content (AvgIpc) is 2.47. The number of para-hydroxylation sites is 1. The first-order valence-electron chi connectivity index (χ1n) is 6.70. The van der Waals surface area contributed by atoms with E-state index < -0.39 is 10.0 Å². The van der Waals surface area contributed by atoms with Crippen LogP contribution in [0.5, 0.6) is 0 Å². The quantitative estimate of drug-likeness (QED) is 0.714. The zero-order valence-corrected chi connectivity index (χ0v) is 12.7. The molecule has 6 heteroatoms. The van der Waals surface area contributed by atoms with Gasteiger partial charge < -0.3 is 11.1 Å². The standard InChI is InChI=1S/C15H19N3O2S/c1-2-18-21(19,20)15-6-4-3-5-14(15)17-11-12-7-9-13(16)10-8-12/h3-10,17-18H,2,11,16H2,1H3. The number of rotatable bonds is 6. The highest BCUT2D eigenvalue weighted by Crippen LogP contribution is 2.21. The maximum atomic E-state index is 12.1. The number of nitrogens with two attached hydrogens (primary N) is 1. The molecule has 0 aliphatic carbocycles. The van der Waals surface area contributed by atoms with Crippen molar-refractivity contribution in [2.45, 2.75) is 18.4 Å². The molecular weight excluding hydrogens is 286 g/mol. The fourth-order valence-corrected chi connectivity index (χ4v) is 3.17. The lowest BCUT2D eigenvalue weighted by atomic mass is 10.2. The summed E-state index contributed by atoms with van der Waals surface area (Å²) < 4.78 is 26.8. The third-order valence-corrected chi connectivity index (χ3v) is 4.58. The van der Waals surface area contributed by atoms with Crippen molar-refractivity contribution in [2.24, 2.45) is 0 Å². The van der Waals surface area contributed by atoms with Crippen molar-refractivity contribution in [3.8, 4) is 0 Å². The molecular formula is C15H19N3O2S. The van der Waals surface area contributed by atoms with E-state index in [1.807, 2.05) is 24.3 Å². The first-order chi connectivity index (χ1) is 10.0. The summed E-state index contributed by atoms with van der Waals surface area (Å²) in [5.74, 6) is 0. The molecule has 0 fully saturated rings. The van der Waals surface area contributed by atoms with E-state index in [1.165, 1.54) is 0 Å². The molecule has 0 saturated heterocycles. The van der Waals surface area contributed by atoms with Gasteiger partial charge in [-0.15, -0.1) is 0 Å². The van der Waals surface area contributed by atoms with Crippen LogP contribution in [0.3, 0.4) is 0 Å². The molecule has 0 amide bonds. The summed E-state index contributed by atoms with van der Waals surface area (Å²) >= 11 is 0. The molecule has 112 valence electrons. The van der Waals surface area contributed by atoms with Gasteiger partial charge in [0.15, 0.2) is 0 Å². The van der Waals surface area contributed by atoms with E-state index in [-0.39, 0.29) is 4.90 Å². The van der Waals surface area contributed by atoms with Gasteiger partial charge in [-0.25, -0.2) is 13.1 Å². The lowest BCUT2D eigenvalue weighted by Crippen LogP contribution is -2.24. The van der Waals surface area contributed by atoms with Crippen LogP contribution in [0.4, 0.5) is 11.4 Å². The van der Waals surface area contributed by atoms with Crippen molar-refractivity contribution < 1.29 is 8.42 Å². The van der Waals surface area contributed by atoms with Gasteiger partial charge in [-0.3, -0.25) is 0 Å². The predicted octanol–water partition coefficient (Wildman–Crippen LogP) is 2.18. The van der Waals surface area contributed by atoms with E-state index in [4.69, 9.17) is 5.73 Å². The Balaban J connectivity index is 2.19. The van der Waals surface area contributed by atoms with Gasteiger partial charge in [-0.05, 0) is 29.8 Å². The molecule has 0 unspecified atom stereocenters. The highest BCUT2D eigenvalue weighted by atomic mass is 32.2. The number of sulfonamides is 1. The number of hydrogen-bond donors (Lipinski definition) is 3. The van der Waals surface area contributed by atoms with Gasteiger partial charge in [0.25, 0.3) is 0 Å². The fourth-order valence-electron chi connectivity index (χ4n) is 1.95. The molecule has 0 aliphatic heterocycles. The molecule has 0 bridgehead atoms. The molecule has 2 aromatic carbocycles. The Morgan fingerprint density at radius 3 is 2.38 bits per heavy atom. The van der Waals surface area contributed by atoms with Crippen LogP contribution in [0.25, 0.3) is 0 Å². The Morgan fingerprint density at radius 1 is 1.05 bits per heavy atom. The summed E-state index contributed by atoms with van der Waals surface area (Å²) in [6.45, 7) is 2.63. The Kier molecular flexibility index (Phi) is 4.82. The Labute approximate surface area is 125 Å². The second kappa shape index (κ2) is 6.60. The SMILES string of the molecule is CCNS(=O)(=O)c1ccccc1NCc1ccc(N)cc1. The number of hydrogen-bond acceptors (Lipinski definition) is 4. The van der Waals surface area contributed by atoms with Gasteiger partial charge in [-0.2, -0.15) is 0 Å². The monoisotopic (exact) mass is 305 g/mol. The van der Waals surface area contributed by atoms with Crippen LogP contribution in [-0.4, -0.2) is 15.0 Å². The van der Waals surface area contributed by atoms with Crippen molar-refractivity contribution in [2.75, 3.05) is 17.6 Å². The molecule has 2 aromatic rings. The first kappa shape index (κ1) is 15.3. The van der Waals surface area contributed by atoms with Crippen molar-refractivity contribution >= 4 is 21.4 Å². The zero-order valence-electron chi connectivity index (χ0n) is 11.8. The van der Waals surface area contributed by atoms with Crippen LogP contribution < -0.4 is 15.8 Å². The second-order valence-electron chi connectivity index (χ2n) is 4.59. The molecule has 0 atom stereocenters. The van der Waals surface area contributed by atoms with Crippen LogP contribution in [0.1, 0.15) is 12.5 Å². The number of nitrogen functional groups attached to an aromatic ring is 1. The number of benzene rings is 2. The smallest absolute Gasteiger partial charge is 0.242 e. The molecule has 2 rings (SSSR count). The lowest BCUT2D eigenvalue weighted by Gasteiger charge is -2.12. The second-order valence-corrected chi connectivity index (χ2v) is 6.33. The Hall–Kier alpha value is -2.05. The summed E-state index contributed by atoms with van der Waals surface area (Å²) in [4.78, 5) is 0.252. The van der Waals surface area contributed by atoms with Gasteiger partial charge in [-0.1, -0.05) is 31.2 Å². The molecule has 0 aromatic heterocycles. The summed E-state index contributed by atoms with van der Waals surface area (Å²) in [5.41, 5.74) is 7.95. The third-order valence-electron chi connectivity index (χ3n) is 2.97. The normalized spacial score (nSPS) is 11.3. The maximum absolute atomic E-state index is 12.1. The number of nitrogens with one attached hydrogen (secondary N) is 2. The van der Waals surface area contributed by atoms with E-state index in [9.17, 15) is 8.42 Å². The van der Waals surface area contributed by atoms with Gasteiger partial charge >= 0.3 is 0 Å². The molecule has 0 saturated carbocycles. The molecule has 4 N–H and O–H groups in total. The van der Waals surface area contributed by atoms with Gasteiger partial charge in [0.1, 0.15) is 4.90 Å². The van der Waals surface area contributed by atoms with Crippen molar-refractivity contribution in [3.63, 3.8) is 0 Å². The minimum Gasteiger partial charge on any atom is -0.399 e. The molecule has 21 heavy (non-hydrogen) atoms. The van der Waals surface area contributed by atoms with Crippen molar-refractivity contribution in [1.82, 2.24) is 4.72 Å². The van der Waals surface area contributed by atoms with E-state index in [2.05, 4.69) is 10.0 Å².